The van der Waals surface area contributed by atoms with Gasteiger partial charge in [0.25, 0.3) is 0 Å². The average Bonchev–Trinajstić information content (AvgIpc) is 3.32. The smallest absolute Gasteiger partial charge is 0.306 e. The van der Waals surface area contributed by atoms with Crippen molar-refractivity contribution in [3.05, 3.63) is 0 Å². The van der Waals surface area contributed by atoms with Gasteiger partial charge < -0.3 is 9.47 Å². The van der Waals surface area contributed by atoms with E-state index in [2.05, 4.69) is 13.8 Å². The second-order valence-corrected chi connectivity index (χ2v) is 8.77. The molecule has 2 unspecified atom stereocenters. The van der Waals surface area contributed by atoms with E-state index in [-0.39, 0.29) is 24.1 Å². The molecule has 2 atom stereocenters. The summed E-state index contributed by atoms with van der Waals surface area (Å²) in [6.45, 7) is 4.48. The van der Waals surface area contributed by atoms with E-state index < -0.39 is 0 Å². The van der Waals surface area contributed by atoms with Gasteiger partial charge in [-0.3, -0.25) is 9.59 Å². The normalized spacial score (nSPS) is 20.9. The van der Waals surface area contributed by atoms with Gasteiger partial charge in [0.1, 0.15) is 12.2 Å². The number of carbonyl (C=O) groups excluding carboxylic acids is 2. The summed E-state index contributed by atoms with van der Waals surface area (Å²) in [6, 6.07) is 0. The van der Waals surface area contributed by atoms with Crippen LogP contribution in [0.2, 0.25) is 0 Å². The highest BCUT2D eigenvalue weighted by molar-refractivity contribution is 5.71. The van der Waals surface area contributed by atoms with Crippen LogP contribution >= 0.6 is 0 Å². The van der Waals surface area contributed by atoms with Gasteiger partial charge in [0.05, 0.1) is 0 Å². The Labute approximate surface area is 179 Å². The molecule has 170 valence electrons. The minimum absolute atomic E-state index is 0.000910. The van der Waals surface area contributed by atoms with Gasteiger partial charge in [0.2, 0.25) is 0 Å². The topological polar surface area (TPSA) is 52.6 Å². The summed E-state index contributed by atoms with van der Waals surface area (Å²) in [4.78, 5) is 21.6. The summed E-state index contributed by atoms with van der Waals surface area (Å²) in [5.41, 5.74) is 0. The van der Waals surface area contributed by atoms with Gasteiger partial charge in [-0.25, -0.2) is 0 Å². The molecular formula is C25H46O4. The van der Waals surface area contributed by atoms with Gasteiger partial charge in [0.15, 0.2) is 0 Å². The number of hydrogen-bond acceptors (Lipinski definition) is 4. The Morgan fingerprint density at radius 1 is 0.586 bits per heavy atom. The van der Waals surface area contributed by atoms with Crippen LogP contribution < -0.4 is 0 Å². The third-order valence-electron chi connectivity index (χ3n) is 5.95. The molecule has 0 amide bonds. The summed E-state index contributed by atoms with van der Waals surface area (Å²) in [7, 11) is 0. The Balaban J connectivity index is 0.000000291. The van der Waals surface area contributed by atoms with Crippen LogP contribution in [-0.2, 0) is 19.1 Å². The van der Waals surface area contributed by atoms with Gasteiger partial charge in [-0.1, -0.05) is 84.5 Å². The number of carbonyl (C=O) groups is 2. The first-order valence-electron chi connectivity index (χ1n) is 12.5. The number of unbranched alkanes of at least 4 members (excludes halogenated alkanes) is 11. The van der Waals surface area contributed by atoms with E-state index in [4.69, 9.17) is 9.47 Å². The third kappa shape index (κ3) is 14.5. The van der Waals surface area contributed by atoms with Crippen molar-refractivity contribution in [2.45, 2.75) is 148 Å². The highest BCUT2D eigenvalue weighted by atomic mass is 16.6. The molecule has 0 aromatic heterocycles. The van der Waals surface area contributed by atoms with Gasteiger partial charge >= 0.3 is 11.9 Å². The van der Waals surface area contributed by atoms with Crippen molar-refractivity contribution in [1.82, 2.24) is 0 Å². The summed E-state index contributed by atoms with van der Waals surface area (Å²) in [5.74, 6) is 0.00364. The van der Waals surface area contributed by atoms with E-state index >= 15 is 0 Å². The number of hydrogen-bond donors (Lipinski definition) is 0. The Kier molecular flexibility index (Phi) is 15.9. The van der Waals surface area contributed by atoms with E-state index in [1.165, 1.54) is 83.5 Å². The maximum Gasteiger partial charge on any atom is 0.306 e. The van der Waals surface area contributed by atoms with Crippen molar-refractivity contribution < 1.29 is 19.1 Å². The molecule has 2 heterocycles. The summed E-state index contributed by atoms with van der Waals surface area (Å²) >= 11 is 0. The van der Waals surface area contributed by atoms with Crippen LogP contribution in [-0.4, -0.2) is 24.1 Å². The van der Waals surface area contributed by atoms with Crippen molar-refractivity contribution in [1.29, 1.82) is 0 Å². The quantitative estimate of drug-likeness (QED) is 0.210. The Hall–Kier alpha value is -1.06. The number of ether oxygens (including phenoxy) is 2. The van der Waals surface area contributed by atoms with Crippen LogP contribution in [0.4, 0.5) is 0 Å². The molecular weight excluding hydrogens is 364 g/mol. The van der Waals surface area contributed by atoms with Crippen LogP contribution in [0.5, 0.6) is 0 Å². The fraction of sp³-hybridized carbons (Fsp3) is 0.920. The van der Waals surface area contributed by atoms with Crippen LogP contribution in [0.15, 0.2) is 0 Å². The first kappa shape index (κ1) is 26.0. The van der Waals surface area contributed by atoms with Crippen molar-refractivity contribution in [2.75, 3.05) is 0 Å². The highest BCUT2D eigenvalue weighted by Crippen LogP contribution is 2.20. The van der Waals surface area contributed by atoms with Crippen LogP contribution in [0.1, 0.15) is 136 Å². The molecule has 0 aromatic carbocycles. The zero-order chi connectivity index (χ0) is 21.2. The van der Waals surface area contributed by atoms with Gasteiger partial charge in [-0.2, -0.15) is 0 Å². The molecule has 0 saturated carbocycles. The fourth-order valence-corrected chi connectivity index (χ4v) is 4.05. The molecule has 2 aliphatic rings. The standard InChI is InChI=1S/C13H24O2.C12H22O2/c1-2-3-4-5-6-7-8-9-12-10-11-13(14)15-12;1-2-3-4-5-6-7-8-11-9-10-12(13)14-11/h12H,2-11H2,1H3;11H,2-10H2,1H3. The lowest BCUT2D eigenvalue weighted by atomic mass is 10.1. The summed E-state index contributed by atoms with van der Waals surface area (Å²) < 4.78 is 10.3. The van der Waals surface area contributed by atoms with E-state index in [1.54, 1.807) is 0 Å². The second kappa shape index (κ2) is 17.8. The maximum absolute atomic E-state index is 10.8. The van der Waals surface area contributed by atoms with Gasteiger partial charge in [0, 0.05) is 12.8 Å². The Morgan fingerprint density at radius 2 is 0.931 bits per heavy atom. The summed E-state index contributed by atoms with van der Waals surface area (Å²) in [6.07, 6.45) is 23.1. The molecule has 29 heavy (non-hydrogen) atoms. The zero-order valence-electron chi connectivity index (χ0n) is 19.2. The minimum Gasteiger partial charge on any atom is -0.462 e. The largest absolute Gasteiger partial charge is 0.462 e. The molecule has 0 bridgehead atoms. The Morgan fingerprint density at radius 3 is 1.24 bits per heavy atom. The average molecular weight is 411 g/mol. The van der Waals surface area contributed by atoms with Crippen molar-refractivity contribution >= 4 is 11.9 Å². The number of rotatable bonds is 15. The molecule has 0 spiro atoms. The lowest BCUT2D eigenvalue weighted by molar-refractivity contribution is -0.142. The molecule has 2 aliphatic heterocycles. The van der Waals surface area contributed by atoms with E-state index in [1.807, 2.05) is 0 Å². The van der Waals surface area contributed by atoms with Gasteiger partial charge in [-0.15, -0.1) is 0 Å². The molecule has 2 saturated heterocycles. The predicted octanol–water partition coefficient (Wildman–Crippen LogP) is 7.28. The van der Waals surface area contributed by atoms with Crippen LogP contribution in [0.25, 0.3) is 0 Å². The highest BCUT2D eigenvalue weighted by Gasteiger charge is 2.22. The number of esters is 2. The minimum atomic E-state index is 0.000910. The lowest BCUT2D eigenvalue weighted by Gasteiger charge is -2.08. The monoisotopic (exact) mass is 410 g/mol. The molecule has 4 nitrogen and oxygen atoms in total. The van der Waals surface area contributed by atoms with Crippen molar-refractivity contribution in [3.63, 3.8) is 0 Å². The zero-order valence-corrected chi connectivity index (χ0v) is 19.2. The third-order valence-corrected chi connectivity index (χ3v) is 5.95. The van der Waals surface area contributed by atoms with E-state index in [0.717, 1.165) is 25.7 Å². The van der Waals surface area contributed by atoms with Crippen molar-refractivity contribution in [2.24, 2.45) is 0 Å². The second-order valence-electron chi connectivity index (χ2n) is 8.77. The molecule has 0 aromatic rings. The van der Waals surface area contributed by atoms with Crippen molar-refractivity contribution in [3.8, 4) is 0 Å². The predicted molar refractivity (Wildman–Crippen MR) is 119 cm³/mol. The van der Waals surface area contributed by atoms with Gasteiger partial charge in [-0.05, 0) is 38.5 Å². The van der Waals surface area contributed by atoms with Crippen LogP contribution in [0, 0.1) is 0 Å². The van der Waals surface area contributed by atoms with E-state index in [0.29, 0.717) is 12.8 Å². The first-order valence-corrected chi connectivity index (χ1v) is 12.5. The molecule has 2 rings (SSSR count). The molecule has 0 aliphatic carbocycles. The first-order chi connectivity index (χ1) is 14.2. The molecule has 4 heteroatoms. The van der Waals surface area contributed by atoms with E-state index in [9.17, 15) is 9.59 Å². The number of cyclic esters (lactones) is 2. The SMILES string of the molecule is CCCCCCCCC1CCC(=O)O1.CCCCCCCCCC1CCC(=O)O1. The van der Waals surface area contributed by atoms with Crippen LogP contribution in [0.3, 0.4) is 0 Å². The molecule has 0 N–H and O–H groups in total. The summed E-state index contributed by atoms with van der Waals surface area (Å²) in [5, 5.41) is 0. The fourth-order valence-electron chi connectivity index (χ4n) is 4.05. The lowest BCUT2D eigenvalue weighted by Crippen LogP contribution is -2.06. The Bertz CT molecular complexity index is 421. The maximum atomic E-state index is 10.8. The molecule has 2 fully saturated rings. The molecule has 0 radical (unpaired) electrons.